The molecule has 0 radical (unpaired) electrons. The minimum Gasteiger partial charge on any atom is -0.506 e. The molecular weight excluding hydrogens is 366 g/mol. The van der Waals surface area contributed by atoms with Crippen LogP contribution >= 0.6 is 0 Å². The van der Waals surface area contributed by atoms with Gasteiger partial charge in [0, 0.05) is 27.4 Å². The van der Waals surface area contributed by atoms with Crippen LogP contribution in [0.1, 0.15) is 13.3 Å². The molecule has 0 aliphatic carbocycles. The summed E-state index contributed by atoms with van der Waals surface area (Å²) in [4.78, 5) is 0. The van der Waals surface area contributed by atoms with E-state index < -0.39 is 14.5 Å². The Balaban J connectivity index is 1.90. The molecule has 0 aliphatic heterocycles. The number of phenols is 1. The summed E-state index contributed by atoms with van der Waals surface area (Å²) in [5.41, 5.74) is 1.66. The third kappa shape index (κ3) is 3.54. The molecule has 0 bridgehead atoms. The third-order valence-corrected chi connectivity index (χ3v) is 7.45. The molecule has 3 rings (SSSR count). The Hall–Kier alpha value is -2.46. The zero-order valence-electron chi connectivity index (χ0n) is 15.7. The Bertz CT molecular complexity index is 905. The molecule has 0 fully saturated rings. The van der Waals surface area contributed by atoms with Gasteiger partial charge in [-0.2, -0.15) is 0 Å². The molecule has 1 N–H and O–H groups in total. The van der Waals surface area contributed by atoms with Gasteiger partial charge in [-0.3, -0.25) is 0 Å². The van der Waals surface area contributed by atoms with E-state index in [1.54, 1.807) is 38.1 Å². The summed E-state index contributed by atoms with van der Waals surface area (Å²) in [7, 11) is 1.65. The number of hydrogen-bond acceptors (Lipinski definition) is 7. The first-order chi connectivity index (χ1) is 13.1. The number of nitrogens with zero attached hydrogens (tertiary/aromatic N) is 3. The molecule has 144 valence electrons. The smallest absolute Gasteiger partial charge is 0.506 e. The highest BCUT2D eigenvalue weighted by Crippen LogP contribution is 2.30. The van der Waals surface area contributed by atoms with Crippen molar-refractivity contribution in [1.82, 2.24) is 15.0 Å². The van der Waals surface area contributed by atoms with Gasteiger partial charge in [0.25, 0.3) is 0 Å². The minimum absolute atomic E-state index is 0.0255. The van der Waals surface area contributed by atoms with E-state index in [1.165, 1.54) is 6.07 Å². The lowest BCUT2D eigenvalue weighted by molar-refractivity contribution is 0.0665. The number of phenolic OH excluding ortho intramolecular Hbond substituents is 1. The molecule has 0 aliphatic rings. The average molecular weight is 389 g/mol. The first-order valence-corrected chi connectivity index (χ1v) is 10.3. The van der Waals surface area contributed by atoms with Crippen LogP contribution in [0.2, 0.25) is 0 Å². The Labute approximate surface area is 158 Å². The fourth-order valence-corrected chi connectivity index (χ4v) is 5.09. The first-order valence-electron chi connectivity index (χ1n) is 8.54. The van der Waals surface area contributed by atoms with Gasteiger partial charge < -0.3 is 23.1 Å². The van der Waals surface area contributed by atoms with Gasteiger partial charge in [0.1, 0.15) is 22.7 Å². The fourth-order valence-electron chi connectivity index (χ4n) is 3.02. The molecule has 0 amide bonds. The number of benzene rings is 2. The van der Waals surface area contributed by atoms with Crippen LogP contribution in [-0.4, -0.2) is 56.0 Å². The zero-order chi connectivity index (χ0) is 19.4. The number of para-hydroxylation sites is 1. The molecule has 0 saturated heterocycles. The standard InChI is InChI=1S/C18H23N3O5Si/c1-5-18(27(23-2,24-3)25-4)26-13-10-11-16(17(22)12-13)21-15-9-7-6-8-14(15)19-20-21/h6-12,18,22H,5H2,1-4H3. The number of hydrogen-bond donors (Lipinski definition) is 1. The molecule has 1 unspecified atom stereocenters. The fraction of sp³-hybridized carbons (Fsp3) is 0.333. The zero-order valence-corrected chi connectivity index (χ0v) is 16.7. The van der Waals surface area contributed by atoms with E-state index in [0.29, 0.717) is 17.9 Å². The molecular formula is C18H23N3O5Si. The predicted octanol–water partition coefficient (Wildman–Crippen LogP) is 2.70. The van der Waals surface area contributed by atoms with Crippen molar-refractivity contribution in [3.63, 3.8) is 0 Å². The SMILES string of the molecule is CCC(Oc1ccc(-n2nnc3ccccc32)c(O)c1)[Si](OC)(OC)OC. The van der Waals surface area contributed by atoms with Gasteiger partial charge in [-0.25, -0.2) is 4.68 Å². The normalized spacial score (nSPS) is 13.0. The number of fused-ring (bicyclic) bond motifs is 1. The van der Waals surface area contributed by atoms with Gasteiger partial charge in [-0.15, -0.1) is 5.10 Å². The Morgan fingerprint density at radius 1 is 1.07 bits per heavy atom. The van der Waals surface area contributed by atoms with Gasteiger partial charge in [0.15, 0.2) is 5.73 Å². The molecule has 1 aromatic heterocycles. The lowest BCUT2D eigenvalue weighted by atomic mass is 10.2. The lowest BCUT2D eigenvalue weighted by Crippen LogP contribution is -2.56. The van der Waals surface area contributed by atoms with E-state index in [0.717, 1.165) is 11.0 Å². The second-order valence-corrected chi connectivity index (χ2v) is 8.95. The second kappa shape index (κ2) is 8.05. The average Bonchev–Trinajstić information content (AvgIpc) is 3.13. The predicted molar refractivity (Wildman–Crippen MR) is 102 cm³/mol. The molecule has 3 aromatic rings. The van der Waals surface area contributed by atoms with Crippen LogP contribution in [0.25, 0.3) is 16.7 Å². The first kappa shape index (κ1) is 19.3. The largest absolute Gasteiger partial charge is 0.543 e. The summed E-state index contributed by atoms with van der Waals surface area (Å²) in [6.07, 6.45) is 0.623. The van der Waals surface area contributed by atoms with Crippen molar-refractivity contribution < 1.29 is 23.1 Å². The van der Waals surface area contributed by atoms with E-state index in [4.69, 9.17) is 18.0 Å². The molecule has 27 heavy (non-hydrogen) atoms. The number of aromatic hydroxyl groups is 1. The van der Waals surface area contributed by atoms with Crippen molar-refractivity contribution in [3.8, 4) is 17.2 Å². The highest BCUT2D eigenvalue weighted by atomic mass is 28.4. The van der Waals surface area contributed by atoms with E-state index in [1.807, 2.05) is 31.2 Å². The van der Waals surface area contributed by atoms with Crippen LogP contribution in [0.4, 0.5) is 0 Å². The van der Waals surface area contributed by atoms with Gasteiger partial charge >= 0.3 is 8.80 Å². The van der Waals surface area contributed by atoms with Gasteiger partial charge in [0.2, 0.25) is 0 Å². The van der Waals surface area contributed by atoms with Crippen molar-refractivity contribution >= 4 is 19.8 Å². The number of rotatable bonds is 8. The molecule has 2 aromatic carbocycles. The second-order valence-electron chi connectivity index (χ2n) is 5.87. The maximum absolute atomic E-state index is 10.5. The summed E-state index contributed by atoms with van der Waals surface area (Å²) in [5, 5.41) is 18.8. The van der Waals surface area contributed by atoms with Crippen molar-refractivity contribution in [2.75, 3.05) is 21.3 Å². The van der Waals surface area contributed by atoms with Crippen molar-refractivity contribution in [1.29, 1.82) is 0 Å². The Morgan fingerprint density at radius 3 is 2.41 bits per heavy atom. The van der Waals surface area contributed by atoms with E-state index in [-0.39, 0.29) is 5.75 Å². The van der Waals surface area contributed by atoms with Crippen molar-refractivity contribution in [2.45, 2.75) is 19.1 Å². The summed E-state index contributed by atoms with van der Waals surface area (Å²) in [5.74, 6) is 0.507. The highest BCUT2D eigenvalue weighted by molar-refractivity contribution is 6.62. The Morgan fingerprint density at radius 2 is 1.78 bits per heavy atom. The van der Waals surface area contributed by atoms with Crippen molar-refractivity contribution in [3.05, 3.63) is 42.5 Å². The van der Waals surface area contributed by atoms with Crippen molar-refractivity contribution in [2.24, 2.45) is 0 Å². The minimum atomic E-state index is -2.98. The van der Waals surface area contributed by atoms with Gasteiger partial charge in [0.05, 0.1) is 5.52 Å². The summed E-state index contributed by atoms with van der Waals surface area (Å²) < 4.78 is 24.1. The molecule has 0 saturated carbocycles. The summed E-state index contributed by atoms with van der Waals surface area (Å²) in [6, 6.07) is 12.6. The van der Waals surface area contributed by atoms with Gasteiger partial charge in [-0.1, -0.05) is 24.3 Å². The lowest BCUT2D eigenvalue weighted by Gasteiger charge is -2.31. The molecule has 8 nitrogen and oxygen atoms in total. The quantitative estimate of drug-likeness (QED) is 0.593. The van der Waals surface area contributed by atoms with E-state index in [9.17, 15) is 5.11 Å². The molecule has 9 heteroatoms. The van der Waals surface area contributed by atoms with Crippen LogP contribution in [0.15, 0.2) is 42.5 Å². The third-order valence-electron chi connectivity index (χ3n) is 4.42. The number of ether oxygens (including phenoxy) is 1. The topological polar surface area (TPSA) is 87.9 Å². The molecule has 0 spiro atoms. The Kier molecular flexibility index (Phi) is 5.75. The van der Waals surface area contributed by atoms with Crippen LogP contribution in [-0.2, 0) is 13.3 Å². The maximum Gasteiger partial charge on any atom is 0.543 e. The maximum atomic E-state index is 10.5. The summed E-state index contributed by atoms with van der Waals surface area (Å²) in [6.45, 7) is 1.96. The van der Waals surface area contributed by atoms with E-state index in [2.05, 4.69) is 10.3 Å². The van der Waals surface area contributed by atoms with Crippen LogP contribution < -0.4 is 4.74 Å². The summed E-state index contributed by atoms with van der Waals surface area (Å²) >= 11 is 0. The molecule has 1 atom stereocenters. The van der Waals surface area contributed by atoms with Crippen LogP contribution in [0.5, 0.6) is 11.5 Å². The van der Waals surface area contributed by atoms with Crippen LogP contribution in [0.3, 0.4) is 0 Å². The molecule has 1 heterocycles. The number of aromatic nitrogens is 3. The van der Waals surface area contributed by atoms with E-state index >= 15 is 0 Å². The highest BCUT2D eigenvalue weighted by Gasteiger charge is 2.48. The van der Waals surface area contributed by atoms with Gasteiger partial charge in [-0.05, 0) is 30.7 Å². The monoisotopic (exact) mass is 389 g/mol. The van der Waals surface area contributed by atoms with Crippen LogP contribution in [0, 0.1) is 0 Å².